The summed E-state index contributed by atoms with van der Waals surface area (Å²) in [6.45, 7) is 2.22. The Morgan fingerprint density at radius 3 is 2.77 bits per heavy atom. The van der Waals surface area contributed by atoms with Crippen molar-refractivity contribution in [2.75, 3.05) is 6.54 Å². The van der Waals surface area contributed by atoms with Crippen LogP contribution in [0.15, 0.2) is 11.8 Å². The Balaban J connectivity index is 2.67. The van der Waals surface area contributed by atoms with Gasteiger partial charge in [0.2, 0.25) is 11.8 Å². The first kappa shape index (κ1) is 9.73. The van der Waals surface area contributed by atoms with Gasteiger partial charge in [0.25, 0.3) is 0 Å². The summed E-state index contributed by atoms with van der Waals surface area (Å²) in [6, 6.07) is -0.104. The van der Waals surface area contributed by atoms with Crippen LogP contribution in [0.4, 0.5) is 0 Å². The van der Waals surface area contributed by atoms with E-state index in [1.165, 1.54) is 11.1 Å². The van der Waals surface area contributed by atoms with Crippen LogP contribution in [0.2, 0.25) is 0 Å². The molecule has 5 heteroatoms. The number of nitrogens with zero attached hydrogens (tertiary/aromatic N) is 1. The maximum absolute atomic E-state index is 11.2. The molecule has 13 heavy (non-hydrogen) atoms. The van der Waals surface area contributed by atoms with E-state index in [1.807, 2.05) is 0 Å². The minimum Gasteiger partial charge on any atom is -0.366 e. The molecule has 1 atom stereocenters. The molecule has 0 saturated heterocycles. The summed E-state index contributed by atoms with van der Waals surface area (Å²) in [7, 11) is 0. The predicted octanol–water partition coefficient (Wildman–Crippen LogP) is -1.06. The largest absolute Gasteiger partial charge is 0.366 e. The highest BCUT2D eigenvalue weighted by molar-refractivity contribution is 6.00. The minimum atomic E-state index is -0.541. The van der Waals surface area contributed by atoms with E-state index in [9.17, 15) is 9.59 Å². The van der Waals surface area contributed by atoms with Gasteiger partial charge in [0, 0.05) is 24.4 Å². The van der Waals surface area contributed by atoms with Gasteiger partial charge in [-0.3, -0.25) is 9.59 Å². The molecule has 1 aliphatic heterocycles. The van der Waals surface area contributed by atoms with Crippen LogP contribution in [0.1, 0.15) is 13.3 Å². The first-order valence-electron chi connectivity index (χ1n) is 4.06. The van der Waals surface area contributed by atoms with Crippen LogP contribution >= 0.6 is 0 Å². The topological polar surface area (TPSA) is 89.4 Å². The van der Waals surface area contributed by atoms with Crippen LogP contribution in [0.3, 0.4) is 0 Å². The van der Waals surface area contributed by atoms with E-state index in [0.29, 0.717) is 12.1 Å². The van der Waals surface area contributed by atoms with Gasteiger partial charge in [-0.25, -0.2) is 0 Å². The summed E-state index contributed by atoms with van der Waals surface area (Å²) >= 11 is 0. The summed E-state index contributed by atoms with van der Waals surface area (Å²) in [5, 5.41) is 0. The Kier molecular flexibility index (Phi) is 2.67. The maximum Gasteiger partial charge on any atom is 0.246 e. The summed E-state index contributed by atoms with van der Waals surface area (Å²) < 4.78 is 0. The zero-order valence-electron chi connectivity index (χ0n) is 7.49. The van der Waals surface area contributed by atoms with Crippen molar-refractivity contribution >= 4 is 11.8 Å². The molecule has 2 amide bonds. The predicted molar refractivity (Wildman–Crippen MR) is 47.3 cm³/mol. The van der Waals surface area contributed by atoms with Crippen LogP contribution in [0.5, 0.6) is 0 Å². The number of hydrogen-bond acceptors (Lipinski definition) is 3. The lowest BCUT2D eigenvalue weighted by atomic mass is 10.2. The molecule has 4 N–H and O–H groups in total. The van der Waals surface area contributed by atoms with E-state index in [2.05, 4.69) is 0 Å². The number of amides is 2. The van der Waals surface area contributed by atoms with Crippen molar-refractivity contribution in [1.82, 2.24) is 4.90 Å². The van der Waals surface area contributed by atoms with Gasteiger partial charge in [-0.05, 0) is 6.92 Å². The summed E-state index contributed by atoms with van der Waals surface area (Å²) in [5.74, 6) is -0.661. The molecule has 1 rings (SSSR count). The average molecular weight is 183 g/mol. The van der Waals surface area contributed by atoms with Gasteiger partial charge in [0.1, 0.15) is 0 Å². The van der Waals surface area contributed by atoms with Gasteiger partial charge < -0.3 is 16.4 Å². The number of hydrogen-bond donors (Lipinski definition) is 2. The van der Waals surface area contributed by atoms with Gasteiger partial charge in [-0.2, -0.15) is 0 Å². The van der Waals surface area contributed by atoms with Crippen LogP contribution < -0.4 is 11.5 Å². The van der Waals surface area contributed by atoms with Crippen molar-refractivity contribution in [3.63, 3.8) is 0 Å². The molecule has 0 bridgehead atoms. The second kappa shape index (κ2) is 3.57. The lowest BCUT2D eigenvalue weighted by Gasteiger charge is -2.15. The summed E-state index contributed by atoms with van der Waals surface area (Å²) in [4.78, 5) is 23.4. The summed E-state index contributed by atoms with van der Waals surface area (Å²) in [5.41, 5.74) is 10.9. The number of primary amides is 1. The molecule has 0 spiro atoms. The second-order valence-electron chi connectivity index (χ2n) is 3.22. The third-order valence-electron chi connectivity index (χ3n) is 1.77. The highest BCUT2D eigenvalue weighted by Crippen LogP contribution is 2.14. The number of carbonyl (C=O) groups is 2. The van der Waals surface area contributed by atoms with Crippen molar-refractivity contribution in [2.45, 2.75) is 19.4 Å². The highest BCUT2D eigenvalue weighted by atomic mass is 16.2. The molecule has 5 nitrogen and oxygen atoms in total. The zero-order chi connectivity index (χ0) is 10.0. The number of nitrogens with two attached hydrogens (primary N) is 2. The van der Waals surface area contributed by atoms with Gasteiger partial charge in [0.15, 0.2) is 0 Å². The fraction of sp³-hybridized carbons (Fsp3) is 0.500. The zero-order valence-corrected chi connectivity index (χ0v) is 7.49. The monoisotopic (exact) mass is 183 g/mol. The van der Waals surface area contributed by atoms with Crippen molar-refractivity contribution in [3.05, 3.63) is 11.8 Å². The fourth-order valence-electron chi connectivity index (χ4n) is 1.19. The summed E-state index contributed by atoms with van der Waals surface area (Å²) in [6.07, 6.45) is 1.58. The van der Waals surface area contributed by atoms with Crippen LogP contribution in [0.25, 0.3) is 0 Å². The Hall–Kier alpha value is -1.36. The van der Waals surface area contributed by atoms with Crippen molar-refractivity contribution in [1.29, 1.82) is 0 Å². The lowest BCUT2D eigenvalue weighted by molar-refractivity contribution is -0.127. The van der Waals surface area contributed by atoms with E-state index >= 15 is 0 Å². The first-order chi connectivity index (χ1) is 6.00. The van der Waals surface area contributed by atoms with Gasteiger partial charge in [-0.15, -0.1) is 0 Å². The second-order valence-corrected chi connectivity index (χ2v) is 3.22. The van der Waals surface area contributed by atoms with Crippen molar-refractivity contribution in [3.8, 4) is 0 Å². The van der Waals surface area contributed by atoms with Gasteiger partial charge >= 0.3 is 0 Å². The molecule has 1 unspecified atom stereocenters. The normalized spacial score (nSPS) is 18.8. The van der Waals surface area contributed by atoms with Crippen molar-refractivity contribution in [2.24, 2.45) is 11.5 Å². The Morgan fingerprint density at radius 2 is 2.38 bits per heavy atom. The highest BCUT2D eigenvalue weighted by Gasteiger charge is 2.24. The van der Waals surface area contributed by atoms with Crippen LogP contribution in [-0.2, 0) is 9.59 Å². The SMILES string of the molecule is CC(N)CN1C=C(C(N)=O)CC1=O. The maximum atomic E-state index is 11.2. The average Bonchev–Trinajstić information content (AvgIpc) is 2.31. The van der Waals surface area contributed by atoms with E-state index in [0.717, 1.165) is 0 Å². The minimum absolute atomic E-state index is 0.0993. The number of rotatable bonds is 3. The molecule has 1 heterocycles. The van der Waals surface area contributed by atoms with Gasteiger partial charge in [0.05, 0.1) is 6.42 Å². The fourth-order valence-corrected chi connectivity index (χ4v) is 1.19. The number of carbonyl (C=O) groups excluding carboxylic acids is 2. The molecule has 0 aromatic heterocycles. The molecular weight excluding hydrogens is 170 g/mol. The Morgan fingerprint density at radius 1 is 1.77 bits per heavy atom. The van der Waals surface area contributed by atoms with E-state index < -0.39 is 5.91 Å². The van der Waals surface area contributed by atoms with E-state index in [-0.39, 0.29) is 18.4 Å². The molecule has 0 aliphatic carbocycles. The quantitative estimate of drug-likeness (QED) is 0.584. The van der Waals surface area contributed by atoms with Gasteiger partial charge in [-0.1, -0.05) is 0 Å². The first-order valence-corrected chi connectivity index (χ1v) is 4.06. The molecular formula is C8H13N3O2. The lowest BCUT2D eigenvalue weighted by Crippen LogP contribution is -2.33. The van der Waals surface area contributed by atoms with E-state index in [1.54, 1.807) is 6.92 Å². The third-order valence-corrected chi connectivity index (χ3v) is 1.77. The molecule has 0 radical (unpaired) electrons. The van der Waals surface area contributed by atoms with Crippen LogP contribution in [0, 0.1) is 0 Å². The van der Waals surface area contributed by atoms with Crippen molar-refractivity contribution < 1.29 is 9.59 Å². The molecule has 0 saturated carbocycles. The molecule has 0 aromatic rings. The molecule has 0 aromatic carbocycles. The van der Waals surface area contributed by atoms with E-state index in [4.69, 9.17) is 11.5 Å². The standard InChI is InChI=1S/C8H13N3O2/c1-5(9)3-11-4-6(8(10)13)2-7(11)12/h4-5H,2-3,9H2,1H3,(H2,10,13). The Labute approximate surface area is 76.4 Å². The smallest absolute Gasteiger partial charge is 0.246 e. The van der Waals surface area contributed by atoms with Crippen LogP contribution in [-0.4, -0.2) is 29.3 Å². The molecule has 1 aliphatic rings. The molecule has 72 valence electrons. The Bertz CT molecular complexity index is 271. The molecule has 0 fully saturated rings. The third kappa shape index (κ3) is 2.29.